The second-order valence-electron chi connectivity index (χ2n) is 5.01. The van der Waals surface area contributed by atoms with Gasteiger partial charge in [0.25, 0.3) is 0 Å². The molecule has 2 aromatic rings. The van der Waals surface area contributed by atoms with Crippen LogP contribution in [0.5, 0.6) is 5.75 Å². The van der Waals surface area contributed by atoms with Crippen molar-refractivity contribution in [1.29, 1.82) is 0 Å². The predicted molar refractivity (Wildman–Crippen MR) is 84.1 cm³/mol. The molecule has 106 valence electrons. The first-order valence-corrected chi connectivity index (χ1v) is 7.27. The average molecular weight is 269 g/mol. The maximum Gasteiger partial charge on any atom is 0.123 e. The van der Waals surface area contributed by atoms with E-state index in [9.17, 15) is 0 Å². The predicted octanol–water partition coefficient (Wildman–Crippen LogP) is 3.81. The Morgan fingerprint density at radius 1 is 1.00 bits per heavy atom. The summed E-state index contributed by atoms with van der Waals surface area (Å²) in [7, 11) is 0. The van der Waals surface area contributed by atoms with Crippen molar-refractivity contribution in [2.75, 3.05) is 6.61 Å². The van der Waals surface area contributed by atoms with Gasteiger partial charge in [-0.2, -0.15) is 0 Å². The Morgan fingerprint density at radius 2 is 1.70 bits per heavy atom. The van der Waals surface area contributed by atoms with E-state index in [2.05, 4.69) is 54.7 Å². The minimum absolute atomic E-state index is 0.437. The molecule has 1 N–H and O–H groups in total. The summed E-state index contributed by atoms with van der Waals surface area (Å²) < 4.78 is 5.65. The molecule has 0 heterocycles. The highest BCUT2D eigenvalue weighted by molar-refractivity contribution is 5.33. The molecule has 2 nitrogen and oxygen atoms in total. The normalized spacial score (nSPS) is 12.1. The molecule has 0 fully saturated rings. The third-order valence-electron chi connectivity index (χ3n) is 3.30. The van der Waals surface area contributed by atoms with Crippen molar-refractivity contribution in [3.05, 3.63) is 65.7 Å². The van der Waals surface area contributed by atoms with Crippen molar-refractivity contribution >= 4 is 0 Å². The van der Waals surface area contributed by atoms with E-state index in [1.54, 1.807) is 0 Å². The van der Waals surface area contributed by atoms with Crippen molar-refractivity contribution < 1.29 is 4.74 Å². The Labute approximate surface area is 121 Å². The van der Waals surface area contributed by atoms with Gasteiger partial charge in [0.1, 0.15) is 5.75 Å². The summed E-state index contributed by atoms with van der Waals surface area (Å²) in [5.74, 6) is 0.981. The van der Waals surface area contributed by atoms with Crippen LogP contribution in [0, 0.1) is 0 Å². The van der Waals surface area contributed by atoms with Crippen LogP contribution in [0.1, 0.15) is 25.0 Å². The van der Waals surface area contributed by atoms with Gasteiger partial charge in [-0.05, 0) is 31.9 Å². The highest BCUT2D eigenvalue weighted by Gasteiger charge is 2.06. The van der Waals surface area contributed by atoms with E-state index in [-0.39, 0.29) is 0 Å². The summed E-state index contributed by atoms with van der Waals surface area (Å²) in [6.07, 6.45) is 1.04. The lowest BCUT2D eigenvalue weighted by atomic mass is 10.1. The topological polar surface area (TPSA) is 21.3 Å². The Hall–Kier alpha value is -1.80. The first kappa shape index (κ1) is 14.6. The fourth-order valence-corrected chi connectivity index (χ4v) is 2.27. The van der Waals surface area contributed by atoms with Gasteiger partial charge in [-0.3, -0.25) is 0 Å². The highest BCUT2D eigenvalue weighted by Crippen LogP contribution is 2.17. The molecule has 0 saturated carbocycles. The fraction of sp³-hybridized carbons (Fsp3) is 0.333. The van der Waals surface area contributed by atoms with Gasteiger partial charge in [0.2, 0.25) is 0 Å². The molecule has 0 radical (unpaired) electrons. The molecule has 1 unspecified atom stereocenters. The molecular formula is C18H23NO. The number of para-hydroxylation sites is 1. The number of rotatable bonds is 7. The van der Waals surface area contributed by atoms with Gasteiger partial charge in [0.15, 0.2) is 0 Å². The Kier molecular flexibility index (Phi) is 5.63. The van der Waals surface area contributed by atoms with Crippen LogP contribution in [-0.2, 0) is 13.0 Å². The molecule has 2 rings (SSSR count). The average Bonchev–Trinajstić information content (AvgIpc) is 2.48. The van der Waals surface area contributed by atoms with Gasteiger partial charge in [-0.15, -0.1) is 0 Å². The summed E-state index contributed by atoms with van der Waals surface area (Å²) in [4.78, 5) is 0. The molecule has 0 aromatic heterocycles. The zero-order valence-electron chi connectivity index (χ0n) is 12.3. The minimum Gasteiger partial charge on any atom is -0.494 e. The number of nitrogens with one attached hydrogen (secondary N) is 1. The zero-order chi connectivity index (χ0) is 14.2. The van der Waals surface area contributed by atoms with Gasteiger partial charge in [0.05, 0.1) is 6.61 Å². The number of hydrogen-bond donors (Lipinski definition) is 1. The van der Waals surface area contributed by atoms with Crippen LogP contribution < -0.4 is 10.1 Å². The highest BCUT2D eigenvalue weighted by atomic mass is 16.5. The Bertz CT molecular complexity index is 510. The third kappa shape index (κ3) is 4.39. The molecule has 1 atom stereocenters. The van der Waals surface area contributed by atoms with E-state index in [4.69, 9.17) is 4.74 Å². The molecule has 0 aliphatic heterocycles. The Balaban J connectivity index is 1.88. The lowest BCUT2D eigenvalue weighted by molar-refractivity contribution is 0.334. The largest absolute Gasteiger partial charge is 0.494 e. The van der Waals surface area contributed by atoms with Gasteiger partial charge >= 0.3 is 0 Å². The number of ether oxygens (including phenoxy) is 1. The lowest BCUT2D eigenvalue weighted by Gasteiger charge is -2.16. The van der Waals surface area contributed by atoms with E-state index in [0.29, 0.717) is 12.6 Å². The second kappa shape index (κ2) is 7.71. The van der Waals surface area contributed by atoms with Gasteiger partial charge < -0.3 is 10.1 Å². The van der Waals surface area contributed by atoms with Crippen LogP contribution in [0.4, 0.5) is 0 Å². The van der Waals surface area contributed by atoms with Crippen molar-refractivity contribution in [3.63, 3.8) is 0 Å². The molecule has 20 heavy (non-hydrogen) atoms. The van der Waals surface area contributed by atoms with E-state index < -0.39 is 0 Å². The summed E-state index contributed by atoms with van der Waals surface area (Å²) in [5.41, 5.74) is 2.58. The summed E-state index contributed by atoms with van der Waals surface area (Å²) in [5, 5.41) is 3.57. The van der Waals surface area contributed by atoms with Crippen LogP contribution in [0.15, 0.2) is 54.6 Å². The van der Waals surface area contributed by atoms with Crippen LogP contribution in [0.2, 0.25) is 0 Å². The molecule has 2 aromatic carbocycles. The first-order chi connectivity index (χ1) is 9.79. The third-order valence-corrected chi connectivity index (χ3v) is 3.30. The molecule has 0 saturated heterocycles. The van der Waals surface area contributed by atoms with Crippen LogP contribution >= 0.6 is 0 Å². The molecule has 0 spiro atoms. The van der Waals surface area contributed by atoms with E-state index in [1.165, 1.54) is 11.1 Å². The van der Waals surface area contributed by atoms with Gasteiger partial charge in [-0.25, -0.2) is 0 Å². The lowest BCUT2D eigenvalue weighted by Crippen LogP contribution is -2.27. The summed E-state index contributed by atoms with van der Waals surface area (Å²) in [6, 6.07) is 19.2. The molecule has 0 bridgehead atoms. The number of hydrogen-bond acceptors (Lipinski definition) is 2. The first-order valence-electron chi connectivity index (χ1n) is 7.27. The van der Waals surface area contributed by atoms with Crippen molar-refractivity contribution in [2.24, 2.45) is 0 Å². The van der Waals surface area contributed by atoms with Crippen LogP contribution in [0.25, 0.3) is 0 Å². The molecule has 0 aliphatic rings. The van der Waals surface area contributed by atoms with Crippen molar-refractivity contribution in [1.82, 2.24) is 5.32 Å². The van der Waals surface area contributed by atoms with Crippen LogP contribution in [-0.4, -0.2) is 12.6 Å². The molecule has 2 heteroatoms. The molecular weight excluding hydrogens is 246 g/mol. The molecule has 0 amide bonds. The zero-order valence-corrected chi connectivity index (χ0v) is 12.3. The summed E-state index contributed by atoms with van der Waals surface area (Å²) >= 11 is 0. The Morgan fingerprint density at radius 3 is 2.45 bits per heavy atom. The fourth-order valence-electron chi connectivity index (χ4n) is 2.27. The van der Waals surface area contributed by atoms with E-state index in [1.807, 2.05) is 19.1 Å². The maximum atomic E-state index is 5.65. The standard InChI is InChI=1S/C18H23NO/c1-3-20-18-12-8-7-11-17(18)14-19-15(2)13-16-9-5-4-6-10-16/h4-12,15,19H,3,13-14H2,1-2H3. The minimum atomic E-state index is 0.437. The SMILES string of the molecule is CCOc1ccccc1CNC(C)Cc1ccccc1. The van der Waals surface area contributed by atoms with Crippen LogP contribution in [0.3, 0.4) is 0 Å². The van der Waals surface area contributed by atoms with Gasteiger partial charge in [0, 0.05) is 18.2 Å². The second-order valence-corrected chi connectivity index (χ2v) is 5.01. The van der Waals surface area contributed by atoms with E-state index in [0.717, 1.165) is 18.7 Å². The maximum absolute atomic E-state index is 5.65. The molecule has 0 aliphatic carbocycles. The smallest absolute Gasteiger partial charge is 0.123 e. The quantitative estimate of drug-likeness (QED) is 0.825. The van der Waals surface area contributed by atoms with Crippen molar-refractivity contribution in [3.8, 4) is 5.75 Å². The number of benzene rings is 2. The summed E-state index contributed by atoms with van der Waals surface area (Å²) in [6.45, 7) is 5.78. The van der Waals surface area contributed by atoms with Gasteiger partial charge in [-0.1, -0.05) is 48.5 Å². The monoisotopic (exact) mass is 269 g/mol. The van der Waals surface area contributed by atoms with E-state index >= 15 is 0 Å². The van der Waals surface area contributed by atoms with Crippen molar-refractivity contribution in [2.45, 2.75) is 32.9 Å².